The summed E-state index contributed by atoms with van der Waals surface area (Å²) in [6.07, 6.45) is 0.900. The average molecular weight is 291 g/mol. The van der Waals surface area contributed by atoms with Crippen molar-refractivity contribution < 1.29 is 8.78 Å². The molecule has 0 radical (unpaired) electrons. The molecule has 1 nitrogen and oxygen atoms in total. The highest BCUT2D eigenvalue weighted by Crippen LogP contribution is 2.39. The standard InChI is InChI=1S/C16H15F2NS/c1-10-12(17)5-3-7-14(10)19-15-8-9-20-16-11(15)4-2-6-13(16)18/h2-7,15,19H,8-9H2,1H3. The Hall–Kier alpha value is -1.55. The summed E-state index contributed by atoms with van der Waals surface area (Å²) in [7, 11) is 0. The fourth-order valence-corrected chi connectivity index (χ4v) is 3.63. The Labute approximate surface area is 121 Å². The number of nitrogens with one attached hydrogen (secondary N) is 1. The van der Waals surface area contributed by atoms with Gasteiger partial charge in [0, 0.05) is 21.9 Å². The maximum Gasteiger partial charge on any atom is 0.137 e. The number of thioether (sulfide) groups is 1. The highest BCUT2D eigenvalue weighted by Gasteiger charge is 2.23. The monoisotopic (exact) mass is 291 g/mol. The van der Waals surface area contributed by atoms with Crippen molar-refractivity contribution in [3.05, 3.63) is 59.2 Å². The molecule has 0 saturated carbocycles. The fourth-order valence-electron chi connectivity index (χ4n) is 2.49. The highest BCUT2D eigenvalue weighted by molar-refractivity contribution is 7.99. The molecule has 1 aliphatic heterocycles. The van der Waals surface area contributed by atoms with Crippen LogP contribution in [0.4, 0.5) is 14.5 Å². The smallest absolute Gasteiger partial charge is 0.137 e. The van der Waals surface area contributed by atoms with Gasteiger partial charge in [-0.3, -0.25) is 0 Å². The first-order chi connectivity index (χ1) is 9.66. The van der Waals surface area contributed by atoms with E-state index in [4.69, 9.17) is 0 Å². The molecule has 104 valence electrons. The van der Waals surface area contributed by atoms with Crippen molar-refractivity contribution in [3.63, 3.8) is 0 Å². The highest BCUT2D eigenvalue weighted by atomic mass is 32.2. The molecule has 4 heteroatoms. The van der Waals surface area contributed by atoms with E-state index < -0.39 is 0 Å². The van der Waals surface area contributed by atoms with E-state index in [-0.39, 0.29) is 17.7 Å². The van der Waals surface area contributed by atoms with Crippen molar-refractivity contribution in [3.8, 4) is 0 Å². The van der Waals surface area contributed by atoms with Gasteiger partial charge in [-0.2, -0.15) is 0 Å². The average Bonchev–Trinajstić information content (AvgIpc) is 2.45. The van der Waals surface area contributed by atoms with Crippen LogP contribution in [0.3, 0.4) is 0 Å². The maximum absolute atomic E-state index is 13.8. The molecule has 1 aliphatic rings. The molecule has 0 spiro atoms. The topological polar surface area (TPSA) is 12.0 Å². The Morgan fingerprint density at radius 2 is 1.85 bits per heavy atom. The number of rotatable bonds is 2. The number of benzene rings is 2. The first-order valence-electron chi connectivity index (χ1n) is 6.59. The summed E-state index contributed by atoms with van der Waals surface area (Å²) in [6.45, 7) is 1.75. The molecule has 20 heavy (non-hydrogen) atoms. The SMILES string of the molecule is Cc1c(F)cccc1NC1CCSc2c(F)cccc21. The van der Waals surface area contributed by atoms with Gasteiger partial charge in [0.25, 0.3) is 0 Å². The molecule has 1 atom stereocenters. The van der Waals surface area contributed by atoms with Crippen LogP contribution in [0, 0.1) is 18.6 Å². The lowest BCUT2D eigenvalue weighted by Gasteiger charge is -2.27. The van der Waals surface area contributed by atoms with Gasteiger partial charge >= 0.3 is 0 Å². The molecule has 0 fully saturated rings. The zero-order valence-electron chi connectivity index (χ0n) is 11.1. The zero-order valence-corrected chi connectivity index (χ0v) is 11.9. The van der Waals surface area contributed by atoms with Crippen molar-refractivity contribution in [1.82, 2.24) is 0 Å². The van der Waals surface area contributed by atoms with Crippen LogP contribution >= 0.6 is 11.8 Å². The van der Waals surface area contributed by atoms with Crippen molar-refractivity contribution >= 4 is 17.4 Å². The number of halogens is 2. The Morgan fingerprint density at radius 3 is 2.70 bits per heavy atom. The van der Waals surface area contributed by atoms with E-state index in [1.165, 1.54) is 12.1 Å². The molecule has 3 rings (SSSR count). The van der Waals surface area contributed by atoms with Crippen molar-refractivity contribution in [2.24, 2.45) is 0 Å². The van der Waals surface area contributed by atoms with Gasteiger partial charge in [-0.25, -0.2) is 8.78 Å². The van der Waals surface area contributed by atoms with Gasteiger partial charge in [-0.1, -0.05) is 18.2 Å². The van der Waals surface area contributed by atoms with Crippen LogP contribution in [-0.4, -0.2) is 5.75 Å². The van der Waals surface area contributed by atoms with Gasteiger partial charge in [-0.05, 0) is 37.1 Å². The quantitative estimate of drug-likeness (QED) is 0.842. The molecule has 0 aliphatic carbocycles. The van der Waals surface area contributed by atoms with Gasteiger partial charge in [0.1, 0.15) is 11.6 Å². The molecule has 0 bridgehead atoms. The minimum Gasteiger partial charge on any atom is -0.378 e. The summed E-state index contributed by atoms with van der Waals surface area (Å²) in [5, 5.41) is 3.35. The number of hydrogen-bond donors (Lipinski definition) is 1. The first kappa shape index (κ1) is 13.4. The van der Waals surface area contributed by atoms with E-state index in [9.17, 15) is 8.78 Å². The van der Waals surface area contributed by atoms with Crippen LogP contribution in [0.2, 0.25) is 0 Å². The third-order valence-corrected chi connectivity index (χ3v) is 4.78. The molecule has 0 aromatic heterocycles. The van der Waals surface area contributed by atoms with Crippen LogP contribution in [0.1, 0.15) is 23.6 Å². The van der Waals surface area contributed by atoms with Crippen LogP contribution in [-0.2, 0) is 0 Å². The second-order valence-corrected chi connectivity index (χ2v) is 6.01. The predicted octanol–water partition coefficient (Wildman–Crippen LogP) is 4.92. The molecule has 2 aromatic rings. The van der Waals surface area contributed by atoms with E-state index in [0.29, 0.717) is 10.5 Å². The molecule has 1 N–H and O–H groups in total. The summed E-state index contributed by atoms with van der Waals surface area (Å²) in [6, 6.07) is 10.2. The van der Waals surface area contributed by atoms with E-state index in [1.807, 2.05) is 12.1 Å². The van der Waals surface area contributed by atoms with Crippen LogP contribution in [0.25, 0.3) is 0 Å². The zero-order chi connectivity index (χ0) is 14.1. The van der Waals surface area contributed by atoms with Crippen molar-refractivity contribution in [1.29, 1.82) is 0 Å². The summed E-state index contributed by atoms with van der Waals surface area (Å²) in [5.41, 5.74) is 2.34. The van der Waals surface area contributed by atoms with Crippen LogP contribution in [0.15, 0.2) is 41.3 Å². The predicted molar refractivity (Wildman–Crippen MR) is 79.2 cm³/mol. The molecule has 1 heterocycles. The summed E-state index contributed by atoms with van der Waals surface area (Å²) >= 11 is 1.55. The Bertz CT molecular complexity index is 642. The number of anilines is 1. The molecule has 0 amide bonds. The van der Waals surface area contributed by atoms with Gasteiger partial charge in [0.15, 0.2) is 0 Å². The minimum absolute atomic E-state index is 0.0300. The van der Waals surface area contributed by atoms with Gasteiger partial charge in [0.2, 0.25) is 0 Å². The maximum atomic E-state index is 13.8. The summed E-state index contributed by atoms with van der Waals surface area (Å²) in [4.78, 5) is 0.713. The van der Waals surface area contributed by atoms with Gasteiger partial charge in [-0.15, -0.1) is 11.8 Å². The van der Waals surface area contributed by atoms with E-state index in [2.05, 4.69) is 5.32 Å². The van der Waals surface area contributed by atoms with E-state index in [0.717, 1.165) is 23.4 Å². The van der Waals surface area contributed by atoms with Crippen LogP contribution in [0.5, 0.6) is 0 Å². The lowest BCUT2D eigenvalue weighted by molar-refractivity contribution is 0.584. The van der Waals surface area contributed by atoms with E-state index in [1.54, 1.807) is 30.8 Å². The summed E-state index contributed by atoms with van der Waals surface area (Å²) < 4.78 is 27.4. The van der Waals surface area contributed by atoms with Crippen molar-refractivity contribution in [2.45, 2.75) is 24.3 Å². The fraction of sp³-hybridized carbons (Fsp3) is 0.250. The Balaban J connectivity index is 1.94. The second-order valence-electron chi connectivity index (χ2n) is 4.90. The Morgan fingerprint density at radius 1 is 1.10 bits per heavy atom. The lowest BCUT2D eigenvalue weighted by Crippen LogP contribution is -2.17. The number of hydrogen-bond acceptors (Lipinski definition) is 2. The normalized spacial score (nSPS) is 17.6. The Kier molecular flexibility index (Phi) is 3.66. The largest absolute Gasteiger partial charge is 0.378 e. The summed E-state index contributed by atoms with van der Waals surface area (Å²) in [5.74, 6) is 0.467. The third-order valence-electron chi connectivity index (χ3n) is 3.62. The van der Waals surface area contributed by atoms with Gasteiger partial charge < -0.3 is 5.32 Å². The van der Waals surface area contributed by atoms with E-state index >= 15 is 0 Å². The third kappa shape index (κ3) is 2.40. The minimum atomic E-state index is -0.223. The second kappa shape index (κ2) is 5.44. The van der Waals surface area contributed by atoms with Crippen LogP contribution < -0.4 is 5.32 Å². The molecular formula is C16H15F2NS. The number of fused-ring (bicyclic) bond motifs is 1. The van der Waals surface area contributed by atoms with Gasteiger partial charge in [0.05, 0.1) is 6.04 Å². The molecule has 0 saturated heterocycles. The molecule has 1 unspecified atom stereocenters. The first-order valence-corrected chi connectivity index (χ1v) is 7.58. The lowest BCUT2D eigenvalue weighted by atomic mass is 10.0. The molecular weight excluding hydrogens is 276 g/mol. The molecule has 2 aromatic carbocycles. The van der Waals surface area contributed by atoms with Crippen molar-refractivity contribution in [2.75, 3.05) is 11.1 Å².